The summed E-state index contributed by atoms with van der Waals surface area (Å²) in [5.74, 6) is 2.96. The summed E-state index contributed by atoms with van der Waals surface area (Å²) in [7, 11) is 0. The summed E-state index contributed by atoms with van der Waals surface area (Å²) in [6.45, 7) is 1.70. The van der Waals surface area contributed by atoms with Crippen LogP contribution >= 0.6 is 0 Å². The number of nitrogens with zero attached hydrogens (tertiary/aromatic N) is 3. The van der Waals surface area contributed by atoms with E-state index >= 15 is 0 Å². The number of ether oxygens (including phenoxy) is 2. The van der Waals surface area contributed by atoms with E-state index in [0.717, 1.165) is 35.8 Å². The molecule has 1 aromatic carbocycles. The van der Waals surface area contributed by atoms with Gasteiger partial charge in [0.15, 0.2) is 17.3 Å². The first kappa shape index (κ1) is 12.4. The highest BCUT2D eigenvalue weighted by Gasteiger charge is 2.22. The van der Waals surface area contributed by atoms with Crippen LogP contribution in [0.25, 0.3) is 11.4 Å². The van der Waals surface area contributed by atoms with Gasteiger partial charge < -0.3 is 19.5 Å². The Hall–Kier alpha value is -2.34. The Morgan fingerprint density at radius 1 is 1.19 bits per heavy atom. The third-order valence-corrected chi connectivity index (χ3v) is 3.76. The van der Waals surface area contributed by atoms with Crippen LogP contribution in [0, 0.1) is 0 Å². The molecule has 2 aliphatic rings. The summed E-state index contributed by atoms with van der Waals surface area (Å²) in [4.78, 5) is 11.0. The van der Waals surface area contributed by atoms with E-state index in [1.54, 1.807) is 6.20 Å². The van der Waals surface area contributed by atoms with Gasteiger partial charge in [-0.25, -0.2) is 9.97 Å². The van der Waals surface area contributed by atoms with Gasteiger partial charge in [-0.2, -0.15) is 0 Å². The number of hydrogen-bond donors (Lipinski definition) is 1. The van der Waals surface area contributed by atoms with E-state index in [2.05, 4.69) is 14.9 Å². The third kappa shape index (κ3) is 2.27. The molecule has 0 unspecified atom stereocenters. The fourth-order valence-corrected chi connectivity index (χ4v) is 2.65. The van der Waals surface area contributed by atoms with E-state index in [0.29, 0.717) is 12.4 Å². The standard InChI is InChI=1S/C15H15N3O3/c19-11-4-6-18(8-11)14-3-5-16-15(17-14)10-1-2-12-13(7-10)21-9-20-12/h1-3,5,7,11,19H,4,6,8-9H2/t11-/m1/s1. The molecular weight excluding hydrogens is 270 g/mol. The minimum absolute atomic E-state index is 0.255. The first-order valence-electron chi connectivity index (χ1n) is 6.96. The molecule has 4 rings (SSSR count). The van der Waals surface area contributed by atoms with Crippen LogP contribution in [0.15, 0.2) is 30.5 Å². The van der Waals surface area contributed by atoms with Crippen molar-refractivity contribution >= 4 is 5.82 Å². The number of β-amino-alcohol motifs (C(OH)–C–C–N with tert-alkyl or cyclic N) is 1. The molecule has 0 spiro atoms. The molecule has 1 N–H and O–H groups in total. The zero-order valence-electron chi connectivity index (χ0n) is 11.4. The number of anilines is 1. The predicted molar refractivity (Wildman–Crippen MR) is 76.4 cm³/mol. The molecule has 1 fully saturated rings. The van der Waals surface area contributed by atoms with Gasteiger partial charge in [-0.05, 0) is 30.7 Å². The van der Waals surface area contributed by atoms with Crippen LogP contribution in [0.5, 0.6) is 11.5 Å². The molecule has 0 amide bonds. The Labute approximate surface area is 122 Å². The zero-order chi connectivity index (χ0) is 14.2. The Balaban J connectivity index is 1.66. The van der Waals surface area contributed by atoms with Gasteiger partial charge in [0.25, 0.3) is 0 Å². The molecule has 0 saturated carbocycles. The number of fused-ring (bicyclic) bond motifs is 1. The van der Waals surface area contributed by atoms with Crippen molar-refractivity contribution in [3.05, 3.63) is 30.5 Å². The highest BCUT2D eigenvalue weighted by Crippen LogP contribution is 2.35. The van der Waals surface area contributed by atoms with Gasteiger partial charge in [0, 0.05) is 24.8 Å². The number of aromatic nitrogens is 2. The van der Waals surface area contributed by atoms with Gasteiger partial charge in [-0.3, -0.25) is 0 Å². The van der Waals surface area contributed by atoms with Gasteiger partial charge in [-0.15, -0.1) is 0 Å². The van der Waals surface area contributed by atoms with Crippen LogP contribution in [0.1, 0.15) is 6.42 Å². The predicted octanol–water partition coefficient (Wildman–Crippen LogP) is 1.44. The van der Waals surface area contributed by atoms with Crippen molar-refractivity contribution in [2.75, 3.05) is 24.8 Å². The summed E-state index contributed by atoms with van der Waals surface area (Å²) in [5.41, 5.74) is 0.890. The minimum atomic E-state index is -0.269. The van der Waals surface area contributed by atoms with Crippen LogP contribution in [-0.2, 0) is 0 Å². The largest absolute Gasteiger partial charge is 0.454 e. The fourth-order valence-electron chi connectivity index (χ4n) is 2.65. The number of benzene rings is 1. The van der Waals surface area contributed by atoms with Crippen molar-refractivity contribution in [3.8, 4) is 22.9 Å². The molecule has 0 radical (unpaired) electrons. The van der Waals surface area contributed by atoms with E-state index in [4.69, 9.17) is 9.47 Å². The average molecular weight is 285 g/mol. The maximum atomic E-state index is 9.64. The van der Waals surface area contributed by atoms with Crippen molar-refractivity contribution in [2.45, 2.75) is 12.5 Å². The lowest BCUT2D eigenvalue weighted by Gasteiger charge is -2.16. The van der Waals surface area contributed by atoms with E-state index in [1.165, 1.54) is 0 Å². The van der Waals surface area contributed by atoms with Crippen LogP contribution in [0.2, 0.25) is 0 Å². The Morgan fingerprint density at radius 2 is 2.10 bits per heavy atom. The second kappa shape index (κ2) is 4.89. The number of hydrogen-bond acceptors (Lipinski definition) is 6. The third-order valence-electron chi connectivity index (χ3n) is 3.76. The summed E-state index contributed by atoms with van der Waals surface area (Å²) in [5, 5.41) is 9.64. The Kier molecular flexibility index (Phi) is 2.89. The molecule has 6 nitrogen and oxygen atoms in total. The van der Waals surface area contributed by atoms with Crippen molar-refractivity contribution < 1.29 is 14.6 Å². The number of aliphatic hydroxyl groups is 1. The molecule has 1 atom stereocenters. The van der Waals surface area contributed by atoms with E-state index < -0.39 is 0 Å². The van der Waals surface area contributed by atoms with Crippen LogP contribution in [0.4, 0.5) is 5.82 Å². The SMILES string of the molecule is O[C@@H]1CCN(c2ccnc(-c3ccc4c(c3)OCO4)n2)C1. The second-order valence-corrected chi connectivity index (χ2v) is 5.20. The van der Waals surface area contributed by atoms with Crippen LogP contribution in [-0.4, -0.2) is 41.1 Å². The quantitative estimate of drug-likeness (QED) is 0.900. The molecule has 3 heterocycles. The van der Waals surface area contributed by atoms with Gasteiger partial charge >= 0.3 is 0 Å². The fraction of sp³-hybridized carbons (Fsp3) is 0.333. The van der Waals surface area contributed by atoms with Crippen molar-refractivity contribution in [1.29, 1.82) is 0 Å². The molecule has 1 saturated heterocycles. The van der Waals surface area contributed by atoms with Crippen molar-refractivity contribution in [1.82, 2.24) is 9.97 Å². The van der Waals surface area contributed by atoms with Gasteiger partial charge in [-0.1, -0.05) is 0 Å². The smallest absolute Gasteiger partial charge is 0.231 e. The maximum absolute atomic E-state index is 9.64. The van der Waals surface area contributed by atoms with Crippen LogP contribution in [0.3, 0.4) is 0 Å². The van der Waals surface area contributed by atoms with Crippen LogP contribution < -0.4 is 14.4 Å². The molecule has 6 heteroatoms. The molecule has 2 aliphatic heterocycles. The summed E-state index contributed by atoms with van der Waals surface area (Å²) in [6.07, 6.45) is 2.25. The lowest BCUT2D eigenvalue weighted by Crippen LogP contribution is -2.22. The van der Waals surface area contributed by atoms with Gasteiger partial charge in [0.2, 0.25) is 6.79 Å². The van der Waals surface area contributed by atoms with Crippen molar-refractivity contribution in [3.63, 3.8) is 0 Å². The average Bonchev–Trinajstić information content (AvgIpc) is 3.15. The molecule has 21 heavy (non-hydrogen) atoms. The highest BCUT2D eigenvalue weighted by atomic mass is 16.7. The first-order chi connectivity index (χ1) is 10.3. The Bertz CT molecular complexity index is 677. The number of rotatable bonds is 2. The molecule has 1 aromatic heterocycles. The Morgan fingerprint density at radius 3 is 2.95 bits per heavy atom. The second-order valence-electron chi connectivity index (χ2n) is 5.20. The normalized spacial score (nSPS) is 20.0. The zero-order valence-corrected chi connectivity index (χ0v) is 11.4. The molecule has 0 bridgehead atoms. The van der Waals surface area contributed by atoms with Gasteiger partial charge in [0.1, 0.15) is 5.82 Å². The molecule has 0 aliphatic carbocycles. The van der Waals surface area contributed by atoms with E-state index in [1.807, 2.05) is 24.3 Å². The first-order valence-corrected chi connectivity index (χ1v) is 6.96. The minimum Gasteiger partial charge on any atom is -0.454 e. The summed E-state index contributed by atoms with van der Waals surface area (Å²) < 4.78 is 10.7. The molecule has 108 valence electrons. The molecule has 2 aromatic rings. The monoisotopic (exact) mass is 285 g/mol. The summed E-state index contributed by atoms with van der Waals surface area (Å²) >= 11 is 0. The van der Waals surface area contributed by atoms with Gasteiger partial charge in [0.05, 0.1) is 6.10 Å². The number of aliphatic hydroxyl groups excluding tert-OH is 1. The van der Waals surface area contributed by atoms with Crippen molar-refractivity contribution in [2.24, 2.45) is 0 Å². The topological polar surface area (TPSA) is 67.7 Å². The van der Waals surface area contributed by atoms with E-state index in [9.17, 15) is 5.11 Å². The van der Waals surface area contributed by atoms with E-state index in [-0.39, 0.29) is 12.9 Å². The highest BCUT2D eigenvalue weighted by molar-refractivity contribution is 5.63. The summed E-state index contributed by atoms with van der Waals surface area (Å²) in [6, 6.07) is 7.55. The lowest BCUT2D eigenvalue weighted by atomic mass is 10.2. The maximum Gasteiger partial charge on any atom is 0.231 e. The lowest BCUT2D eigenvalue weighted by molar-refractivity contribution is 0.174. The molecular formula is C15H15N3O3.